The molecule has 19 heavy (non-hydrogen) atoms. The molecule has 2 N–H and O–H groups in total. The van der Waals surface area contributed by atoms with Crippen LogP contribution in [0.15, 0.2) is 42.7 Å². The highest BCUT2D eigenvalue weighted by Crippen LogP contribution is 2.12. The van der Waals surface area contributed by atoms with Crippen molar-refractivity contribution in [3.63, 3.8) is 0 Å². The Morgan fingerprint density at radius 3 is 2.95 bits per heavy atom. The lowest BCUT2D eigenvalue weighted by Gasteiger charge is -2.06. The molecule has 1 aromatic heterocycles. The first-order valence-corrected chi connectivity index (χ1v) is 6.29. The standard InChI is InChI=1S/C15H18N2O2/c1-19-14-4-2-3-13(9-14)10-15(18)17-8-6-12-5-7-16-11-12/h2-5,7,9,11,16H,6,8,10H2,1H3,(H,17,18). The minimum absolute atomic E-state index is 0.0313. The number of amides is 1. The van der Waals surface area contributed by atoms with Crippen LogP contribution in [0.1, 0.15) is 11.1 Å². The van der Waals surface area contributed by atoms with Gasteiger partial charge in [0.15, 0.2) is 0 Å². The highest BCUT2D eigenvalue weighted by atomic mass is 16.5. The molecular weight excluding hydrogens is 240 g/mol. The minimum atomic E-state index is 0.0313. The van der Waals surface area contributed by atoms with E-state index in [1.165, 1.54) is 5.56 Å². The van der Waals surface area contributed by atoms with E-state index in [4.69, 9.17) is 4.74 Å². The fraction of sp³-hybridized carbons (Fsp3) is 0.267. The summed E-state index contributed by atoms with van der Waals surface area (Å²) in [6.45, 7) is 0.653. The zero-order valence-corrected chi connectivity index (χ0v) is 11.0. The molecule has 100 valence electrons. The second-order valence-corrected chi connectivity index (χ2v) is 4.35. The SMILES string of the molecule is COc1cccc(CC(=O)NCCc2cc[nH]c2)c1. The lowest BCUT2D eigenvalue weighted by atomic mass is 10.1. The van der Waals surface area contributed by atoms with E-state index in [0.717, 1.165) is 17.7 Å². The summed E-state index contributed by atoms with van der Waals surface area (Å²) < 4.78 is 5.13. The van der Waals surface area contributed by atoms with E-state index in [2.05, 4.69) is 10.3 Å². The first kappa shape index (κ1) is 13.2. The Kier molecular flexibility index (Phi) is 4.61. The molecule has 0 radical (unpaired) electrons. The first-order valence-electron chi connectivity index (χ1n) is 6.29. The van der Waals surface area contributed by atoms with E-state index in [-0.39, 0.29) is 5.91 Å². The third kappa shape index (κ3) is 4.17. The highest BCUT2D eigenvalue weighted by molar-refractivity contribution is 5.78. The number of carbonyl (C=O) groups is 1. The zero-order valence-electron chi connectivity index (χ0n) is 11.0. The summed E-state index contributed by atoms with van der Waals surface area (Å²) in [5.74, 6) is 0.807. The van der Waals surface area contributed by atoms with Crippen molar-refractivity contribution in [2.24, 2.45) is 0 Å². The molecule has 2 aromatic rings. The van der Waals surface area contributed by atoms with Gasteiger partial charge in [-0.3, -0.25) is 4.79 Å². The summed E-state index contributed by atoms with van der Waals surface area (Å²) >= 11 is 0. The minimum Gasteiger partial charge on any atom is -0.497 e. The molecule has 0 atom stereocenters. The molecule has 0 saturated carbocycles. The van der Waals surface area contributed by atoms with Crippen molar-refractivity contribution in [3.8, 4) is 5.75 Å². The molecule has 1 amide bonds. The van der Waals surface area contributed by atoms with Gasteiger partial charge in [-0.2, -0.15) is 0 Å². The Labute approximate surface area is 112 Å². The van der Waals surface area contributed by atoms with Crippen LogP contribution in [0, 0.1) is 0 Å². The Bertz CT molecular complexity index is 521. The van der Waals surface area contributed by atoms with E-state index >= 15 is 0 Å². The third-order valence-corrected chi connectivity index (χ3v) is 2.90. The van der Waals surface area contributed by atoms with Crippen molar-refractivity contribution >= 4 is 5.91 Å². The Morgan fingerprint density at radius 2 is 2.21 bits per heavy atom. The summed E-state index contributed by atoms with van der Waals surface area (Å²) in [5, 5.41) is 2.91. The number of nitrogens with one attached hydrogen (secondary N) is 2. The summed E-state index contributed by atoms with van der Waals surface area (Å²) in [7, 11) is 1.62. The van der Waals surface area contributed by atoms with Crippen molar-refractivity contribution in [2.75, 3.05) is 13.7 Å². The maximum Gasteiger partial charge on any atom is 0.224 e. The van der Waals surface area contributed by atoms with Crippen LogP contribution < -0.4 is 10.1 Å². The van der Waals surface area contributed by atoms with Gasteiger partial charge in [0.05, 0.1) is 13.5 Å². The quantitative estimate of drug-likeness (QED) is 0.831. The number of benzene rings is 1. The fourth-order valence-corrected chi connectivity index (χ4v) is 1.89. The van der Waals surface area contributed by atoms with E-state index in [9.17, 15) is 4.79 Å². The first-order chi connectivity index (χ1) is 9.28. The number of carbonyl (C=O) groups excluding carboxylic acids is 1. The number of hydrogen-bond acceptors (Lipinski definition) is 2. The summed E-state index contributed by atoms with van der Waals surface area (Å²) in [6.07, 6.45) is 5.04. The van der Waals surface area contributed by atoms with E-state index in [0.29, 0.717) is 13.0 Å². The van der Waals surface area contributed by atoms with Crippen LogP contribution in [0.5, 0.6) is 5.75 Å². The van der Waals surface area contributed by atoms with Gasteiger partial charge in [-0.25, -0.2) is 0 Å². The monoisotopic (exact) mass is 258 g/mol. The molecular formula is C15H18N2O2. The molecule has 0 spiro atoms. The Morgan fingerprint density at radius 1 is 1.32 bits per heavy atom. The number of ether oxygens (including phenoxy) is 1. The molecule has 0 fully saturated rings. The van der Waals surface area contributed by atoms with Crippen molar-refractivity contribution < 1.29 is 9.53 Å². The number of aromatic nitrogens is 1. The average Bonchev–Trinajstić information content (AvgIpc) is 2.92. The van der Waals surface area contributed by atoms with Gasteiger partial charge in [-0.15, -0.1) is 0 Å². The molecule has 0 aliphatic rings. The maximum absolute atomic E-state index is 11.8. The van der Waals surface area contributed by atoms with Crippen LogP contribution in [0.3, 0.4) is 0 Å². The summed E-state index contributed by atoms with van der Waals surface area (Å²) in [5.41, 5.74) is 2.15. The van der Waals surface area contributed by atoms with Crippen LogP contribution in [0.25, 0.3) is 0 Å². The smallest absolute Gasteiger partial charge is 0.224 e. The zero-order chi connectivity index (χ0) is 13.5. The van der Waals surface area contributed by atoms with Gasteiger partial charge < -0.3 is 15.0 Å². The lowest BCUT2D eigenvalue weighted by Crippen LogP contribution is -2.27. The molecule has 0 aliphatic carbocycles. The van der Waals surface area contributed by atoms with Gasteiger partial charge in [0, 0.05) is 18.9 Å². The molecule has 4 nitrogen and oxygen atoms in total. The van der Waals surface area contributed by atoms with Crippen molar-refractivity contribution in [1.82, 2.24) is 10.3 Å². The van der Waals surface area contributed by atoms with E-state index in [1.54, 1.807) is 7.11 Å². The molecule has 0 saturated heterocycles. The largest absolute Gasteiger partial charge is 0.497 e. The molecule has 1 aromatic carbocycles. The van der Waals surface area contributed by atoms with Crippen LogP contribution in [-0.4, -0.2) is 24.5 Å². The topological polar surface area (TPSA) is 54.1 Å². The van der Waals surface area contributed by atoms with Crippen molar-refractivity contribution in [3.05, 3.63) is 53.9 Å². The van der Waals surface area contributed by atoms with Crippen molar-refractivity contribution in [2.45, 2.75) is 12.8 Å². The number of methoxy groups -OCH3 is 1. The van der Waals surface area contributed by atoms with E-state index < -0.39 is 0 Å². The second-order valence-electron chi connectivity index (χ2n) is 4.35. The molecule has 2 rings (SSSR count). The molecule has 4 heteroatoms. The number of hydrogen-bond donors (Lipinski definition) is 2. The van der Waals surface area contributed by atoms with Crippen LogP contribution in [-0.2, 0) is 17.6 Å². The highest BCUT2D eigenvalue weighted by Gasteiger charge is 2.04. The van der Waals surface area contributed by atoms with Crippen LogP contribution >= 0.6 is 0 Å². The van der Waals surface area contributed by atoms with Crippen LogP contribution in [0.2, 0.25) is 0 Å². The molecule has 1 heterocycles. The van der Waals surface area contributed by atoms with Crippen LogP contribution in [0.4, 0.5) is 0 Å². The average molecular weight is 258 g/mol. The van der Waals surface area contributed by atoms with Crippen molar-refractivity contribution in [1.29, 1.82) is 0 Å². The van der Waals surface area contributed by atoms with Gasteiger partial charge in [-0.05, 0) is 35.7 Å². The lowest BCUT2D eigenvalue weighted by molar-refractivity contribution is -0.120. The maximum atomic E-state index is 11.8. The number of H-pyrrole nitrogens is 1. The normalized spacial score (nSPS) is 10.2. The fourth-order valence-electron chi connectivity index (χ4n) is 1.89. The number of aromatic amines is 1. The van der Waals surface area contributed by atoms with Gasteiger partial charge in [-0.1, -0.05) is 12.1 Å². The third-order valence-electron chi connectivity index (χ3n) is 2.90. The van der Waals surface area contributed by atoms with Gasteiger partial charge >= 0.3 is 0 Å². The number of rotatable bonds is 6. The van der Waals surface area contributed by atoms with Gasteiger partial charge in [0.1, 0.15) is 5.75 Å². The Balaban J connectivity index is 1.77. The van der Waals surface area contributed by atoms with Gasteiger partial charge in [0.2, 0.25) is 5.91 Å². The predicted octanol–water partition coefficient (Wildman–Crippen LogP) is 1.92. The second kappa shape index (κ2) is 6.64. The molecule has 0 unspecified atom stereocenters. The molecule has 0 aliphatic heterocycles. The van der Waals surface area contributed by atoms with Gasteiger partial charge in [0.25, 0.3) is 0 Å². The summed E-state index contributed by atoms with van der Waals surface area (Å²) in [6, 6.07) is 9.57. The predicted molar refractivity (Wildman–Crippen MR) is 74.2 cm³/mol. The Hall–Kier alpha value is -2.23. The van der Waals surface area contributed by atoms with E-state index in [1.807, 2.05) is 42.7 Å². The molecule has 0 bridgehead atoms. The summed E-state index contributed by atoms with van der Waals surface area (Å²) in [4.78, 5) is 14.8.